The quantitative estimate of drug-likeness (QED) is 0.854. The van der Waals surface area contributed by atoms with Crippen molar-refractivity contribution in [1.29, 1.82) is 0 Å². The van der Waals surface area contributed by atoms with Crippen LogP contribution in [0.1, 0.15) is 18.4 Å². The van der Waals surface area contributed by atoms with Crippen LogP contribution in [0.2, 0.25) is 0 Å². The molecule has 1 amide bonds. The Morgan fingerprint density at radius 1 is 1.33 bits per heavy atom. The van der Waals surface area contributed by atoms with Crippen LogP contribution in [0.3, 0.4) is 0 Å². The number of carbonyl (C=O) groups excluding carboxylic acids is 1. The van der Waals surface area contributed by atoms with E-state index in [2.05, 4.69) is 0 Å². The maximum absolute atomic E-state index is 12.0. The first-order valence-electron chi connectivity index (χ1n) is 6.96. The van der Waals surface area contributed by atoms with Crippen molar-refractivity contribution in [2.45, 2.75) is 31.4 Å². The molecule has 1 aromatic rings. The molecule has 0 saturated carbocycles. The average Bonchev–Trinajstić information content (AvgIpc) is 2.96. The van der Waals surface area contributed by atoms with Crippen LogP contribution in [0.25, 0.3) is 0 Å². The van der Waals surface area contributed by atoms with Gasteiger partial charge in [0.15, 0.2) is 0 Å². The highest BCUT2D eigenvalue weighted by Crippen LogP contribution is 2.19. The molecule has 2 N–H and O–H groups in total. The van der Waals surface area contributed by atoms with Crippen molar-refractivity contribution in [3.63, 3.8) is 0 Å². The van der Waals surface area contributed by atoms with E-state index in [1.807, 2.05) is 6.07 Å². The lowest BCUT2D eigenvalue weighted by Crippen LogP contribution is -2.41. The van der Waals surface area contributed by atoms with E-state index >= 15 is 0 Å². The van der Waals surface area contributed by atoms with Gasteiger partial charge in [-0.15, -0.1) is 0 Å². The van der Waals surface area contributed by atoms with Crippen LogP contribution in [0.5, 0.6) is 0 Å². The van der Waals surface area contributed by atoms with Crippen LogP contribution >= 0.6 is 0 Å². The third-order valence-electron chi connectivity index (χ3n) is 3.60. The first-order valence-corrected chi connectivity index (χ1v) is 6.96. The van der Waals surface area contributed by atoms with E-state index in [1.54, 1.807) is 24.3 Å². The van der Waals surface area contributed by atoms with Gasteiger partial charge in [0.25, 0.3) is 0 Å². The fourth-order valence-electron chi connectivity index (χ4n) is 2.46. The number of nitrogens with zero attached hydrogens (tertiary/aromatic N) is 1. The van der Waals surface area contributed by atoms with E-state index in [1.165, 1.54) is 4.90 Å². The van der Waals surface area contributed by atoms with Gasteiger partial charge in [-0.25, -0.2) is 9.59 Å². The summed E-state index contributed by atoms with van der Waals surface area (Å²) in [6, 6.07) is 8.74. The second-order valence-electron chi connectivity index (χ2n) is 5.07. The number of carboxylic acids is 1. The number of carbonyl (C=O) groups is 2. The van der Waals surface area contributed by atoms with Crippen LogP contribution in [-0.2, 0) is 16.0 Å². The molecule has 1 heterocycles. The monoisotopic (exact) mass is 293 g/mol. The minimum Gasteiger partial charge on any atom is -0.478 e. The zero-order chi connectivity index (χ0) is 15.2. The van der Waals surface area contributed by atoms with E-state index in [4.69, 9.17) is 4.74 Å². The zero-order valence-corrected chi connectivity index (χ0v) is 11.6. The Bertz CT molecular complexity index is 490. The molecule has 1 saturated heterocycles. The zero-order valence-electron chi connectivity index (χ0n) is 11.6. The number of aliphatic carboxylic acids is 1. The van der Waals surface area contributed by atoms with Gasteiger partial charge in [0.2, 0.25) is 6.10 Å². The Labute approximate surface area is 122 Å². The summed E-state index contributed by atoms with van der Waals surface area (Å²) < 4.78 is 5.11. The van der Waals surface area contributed by atoms with Crippen molar-refractivity contribution in [2.24, 2.45) is 0 Å². The molecule has 6 heteroatoms. The number of ether oxygens (including phenoxy) is 1. The molecule has 6 nitrogen and oxygen atoms in total. The van der Waals surface area contributed by atoms with Gasteiger partial charge >= 0.3 is 12.1 Å². The maximum Gasteiger partial charge on any atom is 0.410 e. The first kappa shape index (κ1) is 15.3. The molecule has 1 unspecified atom stereocenters. The molecule has 114 valence electrons. The minimum atomic E-state index is -1.22. The molecule has 2 rings (SSSR count). The number of amides is 1. The molecule has 1 fully saturated rings. The van der Waals surface area contributed by atoms with Crippen molar-refractivity contribution >= 4 is 12.1 Å². The molecule has 1 aromatic carbocycles. The molecular weight excluding hydrogens is 274 g/mol. The van der Waals surface area contributed by atoms with Crippen LogP contribution in [-0.4, -0.2) is 52.5 Å². The topological polar surface area (TPSA) is 87.1 Å². The minimum absolute atomic E-state index is 0.125. The summed E-state index contributed by atoms with van der Waals surface area (Å²) in [5.41, 5.74) is 0.790. The summed E-state index contributed by atoms with van der Waals surface area (Å²) >= 11 is 0. The van der Waals surface area contributed by atoms with Gasteiger partial charge in [0.1, 0.15) is 0 Å². The van der Waals surface area contributed by atoms with Crippen LogP contribution in [0.4, 0.5) is 4.79 Å². The lowest BCUT2D eigenvalue weighted by molar-refractivity contribution is -0.147. The second kappa shape index (κ2) is 7.08. The van der Waals surface area contributed by atoms with E-state index in [0.29, 0.717) is 13.0 Å². The van der Waals surface area contributed by atoms with Crippen molar-refractivity contribution in [3.8, 4) is 0 Å². The predicted molar refractivity (Wildman–Crippen MR) is 74.9 cm³/mol. The molecule has 0 aromatic heterocycles. The number of hydrogen-bond acceptors (Lipinski definition) is 4. The Morgan fingerprint density at radius 3 is 2.67 bits per heavy atom. The third kappa shape index (κ3) is 3.95. The molecule has 0 spiro atoms. The molecule has 0 aliphatic carbocycles. The maximum atomic E-state index is 12.0. The fourth-order valence-corrected chi connectivity index (χ4v) is 2.46. The van der Waals surface area contributed by atoms with E-state index in [0.717, 1.165) is 12.0 Å². The molecule has 21 heavy (non-hydrogen) atoms. The lowest BCUT2D eigenvalue weighted by Gasteiger charge is -2.24. The summed E-state index contributed by atoms with van der Waals surface area (Å²) in [5.74, 6) is -1.17. The number of likely N-dealkylation sites (tertiary alicyclic amines) is 1. The molecule has 1 aliphatic rings. The Balaban J connectivity index is 1.99. The van der Waals surface area contributed by atoms with Crippen LogP contribution < -0.4 is 0 Å². The largest absolute Gasteiger partial charge is 0.478 e. The highest BCUT2D eigenvalue weighted by molar-refractivity contribution is 5.78. The summed E-state index contributed by atoms with van der Waals surface area (Å²) in [6.07, 6.45) is -0.270. The van der Waals surface area contributed by atoms with Crippen molar-refractivity contribution in [1.82, 2.24) is 4.90 Å². The normalized spacial score (nSPS) is 19.3. The summed E-state index contributed by atoms with van der Waals surface area (Å²) in [7, 11) is 0. The van der Waals surface area contributed by atoms with E-state index in [-0.39, 0.29) is 19.1 Å². The van der Waals surface area contributed by atoms with Gasteiger partial charge in [-0.05, 0) is 18.4 Å². The Morgan fingerprint density at radius 2 is 2.05 bits per heavy atom. The van der Waals surface area contributed by atoms with Gasteiger partial charge in [0.05, 0.1) is 12.6 Å². The van der Waals surface area contributed by atoms with E-state index < -0.39 is 18.2 Å². The van der Waals surface area contributed by atoms with Gasteiger partial charge in [0, 0.05) is 13.0 Å². The second-order valence-corrected chi connectivity index (χ2v) is 5.07. The molecule has 1 aliphatic heterocycles. The molecule has 0 bridgehead atoms. The highest BCUT2D eigenvalue weighted by atomic mass is 16.6. The van der Waals surface area contributed by atoms with Crippen molar-refractivity contribution in [3.05, 3.63) is 35.9 Å². The van der Waals surface area contributed by atoms with E-state index in [9.17, 15) is 19.8 Å². The number of hydrogen-bond donors (Lipinski definition) is 2. The lowest BCUT2D eigenvalue weighted by atomic mass is 10.1. The number of benzene rings is 1. The van der Waals surface area contributed by atoms with Crippen LogP contribution in [0, 0.1) is 0 Å². The van der Waals surface area contributed by atoms with Gasteiger partial charge < -0.3 is 19.8 Å². The van der Waals surface area contributed by atoms with Gasteiger partial charge in [-0.1, -0.05) is 30.3 Å². The smallest absolute Gasteiger partial charge is 0.410 e. The highest BCUT2D eigenvalue weighted by Gasteiger charge is 2.32. The summed E-state index contributed by atoms with van der Waals surface area (Å²) in [5, 5.41) is 18.4. The molecular formula is C15H19NO5. The first-order chi connectivity index (χ1) is 10.1. The third-order valence-corrected chi connectivity index (χ3v) is 3.60. The molecule has 0 radical (unpaired) electrons. The summed E-state index contributed by atoms with van der Waals surface area (Å²) in [6.45, 7) is 0.354. The van der Waals surface area contributed by atoms with Gasteiger partial charge in [-0.2, -0.15) is 0 Å². The number of carboxylic acid groups (broad SMARTS) is 1. The summed E-state index contributed by atoms with van der Waals surface area (Å²) in [4.78, 5) is 24.7. The molecule has 2 atom stereocenters. The van der Waals surface area contributed by atoms with Crippen molar-refractivity contribution in [2.75, 3.05) is 13.2 Å². The SMILES string of the molecule is O=C(O)C(Cc1ccccc1)OC(=O)N1CCC[C@H]1CO. The Kier molecular flexibility index (Phi) is 5.16. The number of aliphatic hydroxyl groups is 1. The average molecular weight is 293 g/mol. The Hall–Kier alpha value is -2.08. The van der Waals surface area contributed by atoms with Crippen LogP contribution in [0.15, 0.2) is 30.3 Å². The number of aliphatic hydroxyl groups excluding tert-OH is 1. The predicted octanol–water partition coefficient (Wildman–Crippen LogP) is 1.28. The fraction of sp³-hybridized carbons (Fsp3) is 0.467. The van der Waals surface area contributed by atoms with Gasteiger partial charge in [-0.3, -0.25) is 0 Å². The van der Waals surface area contributed by atoms with Crippen molar-refractivity contribution < 1.29 is 24.5 Å². The number of rotatable bonds is 5. The standard InChI is InChI=1S/C15H19NO5/c17-10-12-7-4-8-16(12)15(20)21-13(14(18)19)9-11-5-2-1-3-6-11/h1-3,5-6,12-13,17H,4,7-10H2,(H,18,19)/t12-,13?/m0/s1.